The van der Waals surface area contributed by atoms with Crippen molar-refractivity contribution in [2.45, 2.75) is 52.1 Å². The van der Waals surface area contributed by atoms with E-state index in [-0.39, 0.29) is 6.10 Å². The van der Waals surface area contributed by atoms with Gasteiger partial charge in [0.2, 0.25) is 0 Å². The van der Waals surface area contributed by atoms with E-state index in [1.807, 2.05) is 6.92 Å². The van der Waals surface area contributed by atoms with E-state index < -0.39 is 0 Å². The highest BCUT2D eigenvalue weighted by Crippen LogP contribution is 2.28. The molecule has 0 aromatic heterocycles. The van der Waals surface area contributed by atoms with E-state index in [2.05, 4.69) is 36.1 Å². The summed E-state index contributed by atoms with van der Waals surface area (Å²) in [5.41, 5.74) is 2.68. The van der Waals surface area contributed by atoms with Crippen LogP contribution in [0.5, 0.6) is 0 Å². The van der Waals surface area contributed by atoms with Crippen molar-refractivity contribution in [3.05, 3.63) is 35.5 Å². The van der Waals surface area contributed by atoms with E-state index in [1.165, 1.54) is 24.8 Å². The van der Waals surface area contributed by atoms with Crippen LogP contribution in [0.25, 0.3) is 0 Å². The lowest BCUT2D eigenvalue weighted by Crippen LogP contribution is -2.19. The summed E-state index contributed by atoms with van der Waals surface area (Å²) in [5.74, 6) is 1.23. The van der Waals surface area contributed by atoms with E-state index in [0.717, 1.165) is 24.3 Å². The van der Waals surface area contributed by atoms with Crippen LogP contribution in [0.15, 0.2) is 35.5 Å². The van der Waals surface area contributed by atoms with E-state index >= 15 is 0 Å². The maximum atomic E-state index is 8.75. The maximum absolute atomic E-state index is 8.75. The van der Waals surface area contributed by atoms with Gasteiger partial charge in [-0.2, -0.15) is 0 Å². The fourth-order valence-corrected chi connectivity index (χ4v) is 2.99. The number of allylic oxidation sites excluding steroid dienone is 5. The van der Waals surface area contributed by atoms with E-state index in [1.54, 1.807) is 0 Å². The van der Waals surface area contributed by atoms with Crippen LogP contribution in [0.1, 0.15) is 46.0 Å². The summed E-state index contributed by atoms with van der Waals surface area (Å²) in [6.45, 7) is 4.27. The van der Waals surface area contributed by atoms with Gasteiger partial charge in [0.15, 0.2) is 0 Å². The van der Waals surface area contributed by atoms with Gasteiger partial charge < -0.3 is 0 Å². The third-order valence-electron chi connectivity index (χ3n) is 4.12. The highest BCUT2D eigenvalue weighted by molar-refractivity contribution is 5.16. The molecule has 3 atom stereocenters. The molecule has 0 bridgehead atoms. The maximum Gasteiger partial charge on any atom is 0.113 e. The summed E-state index contributed by atoms with van der Waals surface area (Å²) in [5, 5.41) is 8.75. The second kappa shape index (κ2) is 6.35. The molecule has 0 aromatic carbocycles. The average Bonchev–Trinajstić information content (AvgIpc) is 2.37. The van der Waals surface area contributed by atoms with Crippen molar-refractivity contribution >= 4 is 0 Å². The van der Waals surface area contributed by atoms with Crippen LogP contribution in [-0.4, -0.2) is 11.4 Å². The van der Waals surface area contributed by atoms with Gasteiger partial charge in [0, 0.05) is 0 Å². The van der Waals surface area contributed by atoms with Gasteiger partial charge in [0.1, 0.15) is 6.10 Å². The molecule has 2 rings (SSSR count). The van der Waals surface area contributed by atoms with Crippen molar-refractivity contribution < 1.29 is 10.1 Å². The summed E-state index contributed by atoms with van der Waals surface area (Å²) >= 11 is 0. The Bertz CT molecular complexity index is 365. The van der Waals surface area contributed by atoms with Gasteiger partial charge in [-0.1, -0.05) is 29.9 Å². The van der Waals surface area contributed by atoms with Gasteiger partial charge in [0.05, 0.1) is 0 Å². The number of hydrogen-bond acceptors (Lipinski definition) is 2. The van der Waals surface area contributed by atoms with E-state index in [4.69, 9.17) is 5.26 Å². The minimum absolute atomic E-state index is 0.0884. The van der Waals surface area contributed by atoms with Crippen molar-refractivity contribution in [1.82, 2.24) is 0 Å². The lowest BCUT2D eigenvalue weighted by molar-refractivity contribution is -0.271. The lowest BCUT2D eigenvalue weighted by Gasteiger charge is -2.24. The van der Waals surface area contributed by atoms with Gasteiger partial charge >= 0.3 is 0 Å². The highest BCUT2D eigenvalue weighted by atomic mass is 17.1. The number of hydrogen-bond donors (Lipinski definition) is 1. The van der Waals surface area contributed by atoms with Crippen molar-refractivity contribution in [2.75, 3.05) is 0 Å². The lowest BCUT2D eigenvalue weighted by atomic mass is 9.85. The molecular formula is C16H24O2. The van der Waals surface area contributed by atoms with Crippen LogP contribution in [0.4, 0.5) is 0 Å². The first-order valence-electron chi connectivity index (χ1n) is 7.01. The molecule has 3 unspecified atom stereocenters. The molecule has 0 fully saturated rings. The molecule has 0 aliphatic heterocycles. The topological polar surface area (TPSA) is 29.5 Å². The Hall–Kier alpha value is -0.860. The molecule has 2 aliphatic carbocycles. The van der Waals surface area contributed by atoms with Crippen LogP contribution >= 0.6 is 0 Å². The normalized spacial score (nSPS) is 33.4. The van der Waals surface area contributed by atoms with Crippen LogP contribution in [-0.2, 0) is 4.89 Å². The van der Waals surface area contributed by atoms with E-state index in [0.29, 0.717) is 5.92 Å². The number of rotatable bonds is 3. The minimum Gasteiger partial charge on any atom is -0.251 e. The second-order valence-corrected chi connectivity index (χ2v) is 5.72. The molecule has 2 heteroatoms. The zero-order chi connectivity index (χ0) is 13.0. The SMILES string of the molecule is CC1=CCCC(C=CC2C=C(C)C(OO)CC2)C1. The minimum atomic E-state index is -0.0884. The van der Waals surface area contributed by atoms with Crippen LogP contribution in [0.2, 0.25) is 0 Å². The van der Waals surface area contributed by atoms with Gasteiger partial charge in [-0.05, 0) is 63.4 Å². The molecule has 0 saturated carbocycles. The van der Waals surface area contributed by atoms with Crippen LogP contribution < -0.4 is 0 Å². The Labute approximate surface area is 110 Å². The highest BCUT2D eigenvalue weighted by Gasteiger charge is 2.20. The third kappa shape index (κ3) is 3.56. The zero-order valence-electron chi connectivity index (χ0n) is 11.4. The Morgan fingerprint density at radius 2 is 2.06 bits per heavy atom. The Balaban J connectivity index is 1.90. The Morgan fingerprint density at radius 1 is 1.22 bits per heavy atom. The fourth-order valence-electron chi connectivity index (χ4n) is 2.99. The predicted molar refractivity (Wildman–Crippen MR) is 74.2 cm³/mol. The fraction of sp³-hybridized carbons (Fsp3) is 0.625. The van der Waals surface area contributed by atoms with Crippen LogP contribution in [0, 0.1) is 11.8 Å². The predicted octanol–water partition coefficient (Wildman–Crippen LogP) is 4.50. The monoisotopic (exact) mass is 248 g/mol. The summed E-state index contributed by atoms with van der Waals surface area (Å²) in [7, 11) is 0. The molecule has 100 valence electrons. The molecular weight excluding hydrogens is 224 g/mol. The molecule has 18 heavy (non-hydrogen) atoms. The van der Waals surface area contributed by atoms with E-state index in [9.17, 15) is 0 Å². The first-order chi connectivity index (χ1) is 8.69. The van der Waals surface area contributed by atoms with Gasteiger partial charge in [-0.25, -0.2) is 4.89 Å². The third-order valence-corrected chi connectivity index (χ3v) is 4.12. The van der Waals surface area contributed by atoms with Gasteiger partial charge in [-0.3, -0.25) is 5.26 Å². The molecule has 0 heterocycles. The Kier molecular flexibility index (Phi) is 4.79. The summed E-state index contributed by atoms with van der Waals surface area (Å²) in [6, 6.07) is 0. The molecule has 0 aromatic rings. The van der Waals surface area contributed by atoms with Crippen molar-refractivity contribution in [1.29, 1.82) is 0 Å². The van der Waals surface area contributed by atoms with Gasteiger partial charge in [0.25, 0.3) is 0 Å². The molecule has 0 saturated heterocycles. The first kappa shape index (κ1) is 13.6. The molecule has 0 amide bonds. The molecule has 0 radical (unpaired) electrons. The molecule has 2 nitrogen and oxygen atoms in total. The largest absolute Gasteiger partial charge is 0.251 e. The molecule has 2 aliphatic rings. The quantitative estimate of drug-likeness (QED) is 0.452. The van der Waals surface area contributed by atoms with Crippen molar-refractivity contribution in [2.24, 2.45) is 11.8 Å². The summed E-state index contributed by atoms with van der Waals surface area (Å²) in [6.07, 6.45) is 14.9. The van der Waals surface area contributed by atoms with Crippen molar-refractivity contribution in [3.63, 3.8) is 0 Å². The summed E-state index contributed by atoms with van der Waals surface area (Å²) < 4.78 is 0. The van der Waals surface area contributed by atoms with Crippen molar-refractivity contribution in [3.8, 4) is 0 Å². The standard InChI is InChI=1S/C16H24O2/c1-12-4-3-5-14(10-12)6-7-15-8-9-16(18-17)13(2)11-15/h4,6-7,11,14-17H,3,5,8-10H2,1-2H3. The molecule has 0 spiro atoms. The first-order valence-corrected chi connectivity index (χ1v) is 7.01. The average molecular weight is 248 g/mol. The Morgan fingerprint density at radius 3 is 2.72 bits per heavy atom. The second-order valence-electron chi connectivity index (χ2n) is 5.72. The van der Waals surface area contributed by atoms with Crippen LogP contribution in [0.3, 0.4) is 0 Å². The summed E-state index contributed by atoms with van der Waals surface area (Å²) in [4.78, 5) is 4.46. The van der Waals surface area contributed by atoms with Gasteiger partial charge in [-0.15, -0.1) is 0 Å². The zero-order valence-corrected chi connectivity index (χ0v) is 11.4. The molecule has 1 N–H and O–H groups in total. The smallest absolute Gasteiger partial charge is 0.113 e.